The normalized spacial score (nSPS) is 15.0. The van der Waals surface area contributed by atoms with Crippen LogP contribution in [0.25, 0.3) is 11.1 Å². The van der Waals surface area contributed by atoms with E-state index < -0.39 is 5.82 Å². The van der Waals surface area contributed by atoms with Crippen LogP contribution in [0.15, 0.2) is 30.5 Å². The molecule has 3 rings (SSSR count). The van der Waals surface area contributed by atoms with Gasteiger partial charge in [0.05, 0.1) is 5.02 Å². The Balaban J connectivity index is 1.84. The maximum Gasteiger partial charge on any atom is 0.325 e. The lowest BCUT2D eigenvalue weighted by molar-refractivity contribution is -0.125. The molecular weight excluding hydrogens is 423 g/mol. The summed E-state index contributed by atoms with van der Waals surface area (Å²) in [5.41, 5.74) is 1.93. The molecule has 9 heteroatoms. The van der Waals surface area contributed by atoms with Crippen LogP contribution in [0.2, 0.25) is 5.02 Å². The summed E-state index contributed by atoms with van der Waals surface area (Å²) in [6.07, 6.45) is 3.29. The van der Waals surface area contributed by atoms with Gasteiger partial charge >= 0.3 is 6.03 Å². The average Bonchev–Trinajstić information content (AvgIpc) is 2.74. The highest BCUT2D eigenvalue weighted by atomic mass is 35.5. The van der Waals surface area contributed by atoms with E-state index >= 15 is 0 Å². The summed E-state index contributed by atoms with van der Waals surface area (Å²) in [6.45, 7) is 2.98. The first kappa shape index (κ1) is 22.7. The maximum atomic E-state index is 14.9. The van der Waals surface area contributed by atoms with Crippen molar-refractivity contribution in [3.63, 3.8) is 0 Å². The van der Waals surface area contributed by atoms with Crippen molar-refractivity contribution in [2.75, 3.05) is 25.0 Å². The number of hydrogen-bond donors (Lipinski definition) is 1. The van der Waals surface area contributed by atoms with Crippen molar-refractivity contribution in [3.8, 4) is 11.1 Å². The first-order valence-corrected chi connectivity index (χ1v) is 10.4. The molecule has 1 unspecified atom stereocenters. The van der Waals surface area contributed by atoms with E-state index in [1.165, 1.54) is 22.1 Å². The zero-order valence-electron chi connectivity index (χ0n) is 17.4. The molecular formula is C22H24ClFN4O3. The fourth-order valence-corrected chi connectivity index (χ4v) is 4.05. The van der Waals surface area contributed by atoms with Crippen LogP contribution in [-0.2, 0) is 9.59 Å². The third kappa shape index (κ3) is 5.02. The number of carbonyl (C=O) groups is 3. The predicted octanol–water partition coefficient (Wildman–Crippen LogP) is 3.96. The van der Waals surface area contributed by atoms with Crippen LogP contribution in [0.1, 0.15) is 37.7 Å². The van der Waals surface area contributed by atoms with Gasteiger partial charge in [0, 0.05) is 43.9 Å². The number of halogens is 2. The smallest absolute Gasteiger partial charge is 0.325 e. The number of rotatable bonds is 7. The Morgan fingerprint density at radius 2 is 2.16 bits per heavy atom. The minimum absolute atomic E-state index is 0.00198. The Morgan fingerprint density at radius 3 is 2.87 bits per heavy atom. The molecule has 1 atom stereocenters. The molecule has 0 spiro atoms. The van der Waals surface area contributed by atoms with Crippen molar-refractivity contribution < 1.29 is 18.8 Å². The summed E-state index contributed by atoms with van der Waals surface area (Å²) < 4.78 is 14.9. The summed E-state index contributed by atoms with van der Waals surface area (Å²) in [4.78, 5) is 41.3. The lowest BCUT2D eigenvalue weighted by atomic mass is 9.93. The molecule has 1 aliphatic heterocycles. The van der Waals surface area contributed by atoms with E-state index in [-0.39, 0.29) is 30.1 Å². The lowest BCUT2D eigenvalue weighted by Crippen LogP contribution is -2.48. The van der Waals surface area contributed by atoms with Crippen LogP contribution >= 0.6 is 11.6 Å². The summed E-state index contributed by atoms with van der Waals surface area (Å²) >= 11 is 6.62. The molecule has 1 aliphatic rings. The second kappa shape index (κ2) is 9.87. The van der Waals surface area contributed by atoms with Gasteiger partial charge in [-0.2, -0.15) is 0 Å². The Morgan fingerprint density at radius 1 is 1.39 bits per heavy atom. The van der Waals surface area contributed by atoms with Gasteiger partial charge in [-0.05, 0) is 30.4 Å². The Hall–Kier alpha value is -3.00. The fraction of sp³-hybridized carbons (Fsp3) is 0.364. The molecule has 164 valence electrons. The van der Waals surface area contributed by atoms with Gasteiger partial charge in [0.25, 0.3) is 0 Å². The molecule has 2 heterocycles. The molecule has 1 fully saturated rings. The third-order valence-electron chi connectivity index (χ3n) is 5.40. The molecule has 1 N–H and O–H groups in total. The molecule has 0 saturated carbocycles. The van der Waals surface area contributed by atoms with E-state index in [0.717, 1.165) is 12.0 Å². The number of hydrogen-bond acceptors (Lipinski definition) is 4. The van der Waals surface area contributed by atoms with Gasteiger partial charge in [0.1, 0.15) is 0 Å². The molecule has 1 saturated heterocycles. The number of pyridine rings is 1. The van der Waals surface area contributed by atoms with E-state index in [9.17, 15) is 18.8 Å². The van der Waals surface area contributed by atoms with Crippen LogP contribution in [0, 0.1) is 5.82 Å². The summed E-state index contributed by atoms with van der Waals surface area (Å²) in [5.74, 6) is -0.999. The van der Waals surface area contributed by atoms with Crippen LogP contribution in [0.5, 0.6) is 0 Å². The van der Waals surface area contributed by atoms with Crippen molar-refractivity contribution in [1.82, 2.24) is 15.2 Å². The summed E-state index contributed by atoms with van der Waals surface area (Å²) in [5, 5.41) is 2.57. The molecule has 7 nitrogen and oxygen atoms in total. The highest BCUT2D eigenvalue weighted by Gasteiger charge is 2.27. The second-order valence-electron chi connectivity index (χ2n) is 7.57. The van der Waals surface area contributed by atoms with Crippen LogP contribution < -0.4 is 10.2 Å². The summed E-state index contributed by atoms with van der Waals surface area (Å²) in [7, 11) is 1.68. The number of nitrogens with one attached hydrogen (secondary N) is 1. The zero-order valence-corrected chi connectivity index (χ0v) is 18.2. The van der Waals surface area contributed by atoms with Gasteiger partial charge in [-0.15, -0.1) is 0 Å². The Kier molecular flexibility index (Phi) is 7.22. The molecule has 2 aromatic rings. The van der Waals surface area contributed by atoms with E-state index in [0.29, 0.717) is 42.1 Å². The van der Waals surface area contributed by atoms with Crippen molar-refractivity contribution >= 4 is 35.8 Å². The highest BCUT2D eigenvalue weighted by Crippen LogP contribution is 2.36. The number of anilines is 1. The molecule has 31 heavy (non-hydrogen) atoms. The predicted molar refractivity (Wildman–Crippen MR) is 116 cm³/mol. The van der Waals surface area contributed by atoms with Crippen LogP contribution in [0.4, 0.5) is 15.0 Å². The minimum Gasteiger partial charge on any atom is -0.327 e. The largest absolute Gasteiger partial charge is 0.327 e. The van der Waals surface area contributed by atoms with Gasteiger partial charge in [0.2, 0.25) is 12.3 Å². The first-order chi connectivity index (χ1) is 14.8. The van der Waals surface area contributed by atoms with Gasteiger partial charge in [-0.1, -0.05) is 36.7 Å². The number of nitrogens with zero attached hydrogens (tertiary/aromatic N) is 3. The van der Waals surface area contributed by atoms with Crippen molar-refractivity contribution in [2.45, 2.75) is 32.1 Å². The molecule has 0 radical (unpaired) electrons. The SMILES string of the molecule is CC(CCC(=O)NC=O)c1cccc(-c2cnc(N3CCCN(C)C3=O)c(F)c2)c1Cl. The number of urea groups is 1. The number of aromatic nitrogens is 1. The van der Waals surface area contributed by atoms with Gasteiger partial charge in [-0.25, -0.2) is 14.2 Å². The molecule has 4 amide bonds. The molecule has 0 aliphatic carbocycles. The monoisotopic (exact) mass is 446 g/mol. The number of benzene rings is 1. The average molecular weight is 447 g/mol. The lowest BCUT2D eigenvalue weighted by Gasteiger charge is -2.32. The zero-order chi connectivity index (χ0) is 22.5. The minimum atomic E-state index is -0.596. The van der Waals surface area contributed by atoms with Crippen molar-refractivity contribution in [3.05, 3.63) is 46.9 Å². The molecule has 0 bridgehead atoms. The summed E-state index contributed by atoms with van der Waals surface area (Å²) in [6, 6.07) is 6.49. The van der Waals surface area contributed by atoms with Gasteiger partial charge in [0.15, 0.2) is 11.6 Å². The second-order valence-corrected chi connectivity index (χ2v) is 7.95. The third-order valence-corrected chi connectivity index (χ3v) is 5.83. The fourth-order valence-electron chi connectivity index (χ4n) is 3.63. The Labute approximate surface area is 185 Å². The van der Waals surface area contributed by atoms with Gasteiger partial charge in [-0.3, -0.25) is 19.8 Å². The Bertz CT molecular complexity index is 1000. The van der Waals surface area contributed by atoms with E-state index in [2.05, 4.69) is 10.3 Å². The molecule has 1 aromatic carbocycles. The number of amides is 4. The van der Waals surface area contributed by atoms with E-state index in [4.69, 9.17) is 11.6 Å². The van der Waals surface area contributed by atoms with E-state index in [1.807, 2.05) is 19.1 Å². The van der Waals surface area contributed by atoms with Crippen molar-refractivity contribution in [1.29, 1.82) is 0 Å². The van der Waals surface area contributed by atoms with Crippen LogP contribution in [0.3, 0.4) is 0 Å². The highest BCUT2D eigenvalue weighted by molar-refractivity contribution is 6.34. The number of carbonyl (C=O) groups excluding carboxylic acids is 3. The van der Waals surface area contributed by atoms with Crippen LogP contribution in [-0.4, -0.2) is 48.4 Å². The topological polar surface area (TPSA) is 82.6 Å². The quantitative estimate of drug-likeness (QED) is 0.652. The van der Waals surface area contributed by atoms with Crippen molar-refractivity contribution in [2.24, 2.45) is 0 Å². The maximum absolute atomic E-state index is 14.9. The number of imide groups is 1. The molecule has 1 aromatic heterocycles. The standard InChI is InChI=1S/C22H24ClFN4O3/c1-14(7-8-19(30)26-13-29)16-5-3-6-17(20(16)23)15-11-18(24)21(25-12-15)28-10-4-9-27(2)22(28)31/h3,5-6,11-14H,4,7-10H2,1-2H3,(H,26,29,30). The van der Waals surface area contributed by atoms with E-state index in [1.54, 1.807) is 13.1 Å². The van der Waals surface area contributed by atoms with Gasteiger partial charge < -0.3 is 4.90 Å². The first-order valence-electron chi connectivity index (χ1n) is 10.0.